The second kappa shape index (κ2) is 7.67. The van der Waals surface area contributed by atoms with Crippen molar-refractivity contribution >= 4 is 23.4 Å². The molecule has 1 atom stereocenters. The number of benzene rings is 1. The van der Waals surface area contributed by atoms with Gasteiger partial charge in [-0.3, -0.25) is 9.36 Å². The first kappa shape index (κ1) is 19.1. The summed E-state index contributed by atoms with van der Waals surface area (Å²) in [6.45, 7) is 5.74. The summed E-state index contributed by atoms with van der Waals surface area (Å²) in [5.41, 5.74) is 2.70. The van der Waals surface area contributed by atoms with Crippen molar-refractivity contribution in [2.45, 2.75) is 26.8 Å². The van der Waals surface area contributed by atoms with Crippen LogP contribution in [-0.4, -0.2) is 17.1 Å². The fourth-order valence-corrected chi connectivity index (χ4v) is 4.37. The summed E-state index contributed by atoms with van der Waals surface area (Å²) >= 11 is 1.29. The number of aromatic nitrogens is 1. The molecule has 0 saturated heterocycles. The molecule has 0 bridgehead atoms. The van der Waals surface area contributed by atoms with Crippen LogP contribution in [0.2, 0.25) is 0 Å². The van der Waals surface area contributed by atoms with Crippen LogP contribution in [-0.2, 0) is 9.53 Å². The molecule has 0 spiro atoms. The van der Waals surface area contributed by atoms with Gasteiger partial charge in [-0.15, -0.1) is 0 Å². The molecular weight excluding hydrogens is 388 g/mol. The summed E-state index contributed by atoms with van der Waals surface area (Å²) in [6, 6.07) is 10.7. The Hall–Kier alpha value is -3.19. The Bertz CT molecular complexity index is 1260. The normalized spacial score (nSPS) is 16.5. The van der Waals surface area contributed by atoms with Gasteiger partial charge in [0.25, 0.3) is 5.56 Å². The minimum atomic E-state index is -0.708. The van der Waals surface area contributed by atoms with E-state index in [1.807, 2.05) is 37.3 Å². The molecule has 3 heterocycles. The van der Waals surface area contributed by atoms with Gasteiger partial charge in [-0.1, -0.05) is 41.2 Å². The maximum atomic E-state index is 13.3. The van der Waals surface area contributed by atoms with Crippen LogP contribution in [0.15, 0.2) is 68.1 Å². The lowest BCUT2D eigenvalue weighted by atomic mass is 10.0. The predicted octanol–water partition coefficient (Wildman–Crippen LogP) is 2.70. The second-order valence-electron chi connectivity index (χ2n) is 6.73. The molecule has 1 aliphatic rings. The van der Waals surface area contributed by atoms with Gasteiger partial charge in [0, 0.05) is 0 Å². The van der Waals surface area contributed by atoms with Crippen molar-refractivity contribution in [1.29, 1.82) is 0 Å². The molecule has 0 saturated carbocycles. The topological polar surface area (TPSA) is 73.8 Å². The zero-order valence-electron chi connectivity index (χ0n) is 16.3. The van der Waals surface area contributed by atoms with Crippen molar-refractivity contribution in [2.24, 2.45) is 4.99 Å². The molecule has 3 aromatic rings. The zero-order chi connectivity index (χ0) is 20.5. The van der Waals surface area contributed by atoms with E-state index in [4.69, 9.17) is 9.15 Å². The number of fused-ring (bicyclic) bond motifs is 1. The summed E-state index contributed by atoms with van der Waals surface area (Å²) in [4.78, 5) is 31.0. The highest BCUT2D eigenvalue weighted by molar-refractivity contribution is 7.07. The van der Waals surface area contributed by atoms with E-state index >= 15 is 0 Å². The third kappa shape index (κ3) is 3.49. The average molecular weight is 408 g/mol. The van der Waals surface area contributed by atoms with Gasteiger partial charge in [-0.2, -0.15) is 0 Å². The molecule has 29 heavy (non-hydrogen) atoms. The number of carbonyl (C=O) groups is 1. The summed E-state index contributed by atoms with van der Waals surface area (Å²) < 4.78 is 12.9. The van der Waals surface area contributed by atoms with E-state index < -0.39 is 12.0 Å². The fraction of sp³-hybridized carbons (Fsp3) is 0.227. The molecule has 0 aliphatic carbocycles. The Labute approximate surface area is 171 Å². The molecule has 1 aliphatic heterocycles. The Balaban J connectivity index is 1.93. The highest BCUT2D eigenvalue weighted by Crippen LogP contribution is 2.30. The molecule has 7 heteroatoms. The van der Waals surface area contributed by atoms with Gasteiger partial charge in [0.05, 0.1) is 28.7 Å². The number of hydrogen-bond acceptors (Lipinski definition) is 6. The quantitative estimate of drug-likeness (QED) is 0.622. The highest BCUT2D eigenvalue weighted by Gasteiger charge is 2.34. The summed E-state index contributed by atoms with van der Waals surface area (Å²) in [6.07, 6.45) is 3.36. The third-order valence-corrected chi connectivity index (χ3v) is 5.69. The van der Waals surface area contributed by atoms with Crippen LogP contribution in [0.5, 0.6) is 0 Å². The maximum Gasteiger partial charge on any atom is 0.338 e. The molecule has 0 amide bonds. The number of furan rings is 1. The van der Waals surface area contributed by atoms with Crippen LogP contribution in [0, 0.1) is 6.92 Å². The van der Waals surface area contributed by atoms with Crippen molar-refractivity contribution in [2.75, 3.05) is 6.61 Å². The Morgan fingerprint density at radius 3 is 2.69 bits per heavy atom. The van der Waals surface area contributed by atoms with Crippen molar-refractivity contribution < 1.29 is 13.9 Å². The molecule has 6 nitrogen and oxygen atoms in total. The summed E-state index contributed by atoms with van der Waals surface area (Å²) in [7, 11) is 0. The summed E-state index contributed by atoms with van der Waals surface area (Å²) in [5.74, 6) is -0.00620. The minimum Gasteiger partial charge on any atom is -0.467 e. The van der Waals surface area contributed by atoms with Gasteiger partial charge in [0.15, 0.2) is 4.80 Å². The van der Waals surface area contributed by atoms with E-state index in [-0.39, 0.29) is 12.2 Å². The molecule has 4 rings (SSSR count). The number of nitrogens with zero attached hydrogens (tertiary/aromatic N) is 2. The second-order valence-corrected chi connectivity index (χ2v) is 7.74. The van der Waals surface area contributed by atoms with Crippen molar-refractivity contribution in [3.63, 3.8) is 0 Å². The first-order chi connectivity index (χ1) is 14.0. The number of allylic oxidation sites excluding steroid dienone is 1. The lowest BCUT2D eigenvalue weighted by Crippen LogP contribution is -2.39. The Morgan fingerprint density at radius 2 is 2.03 bits per heavy atom. The molecule has 1 aromatic carbocycles. The van der Waals surface area contributed by atoms with Crippen molar-refractivity contribution in [3.8, 4) is 0 Å². The SMILES string of the molecule is CCOC(=O)C1=C(C)N=c2sc(=Cc3ccc(C)cc3)c(=O)n2C1c1ccco1. The maximum absolute atomic E-state index is 13.3. The number of rotatable bonds is 4. The Kier molecular flexibility index (Phi) is 5.07. The Morgan fingerprint density at radius 1 is 1.28 bits per heavy atom. The largest absolute Gasteiger partial charge is 0.467 e. The number of thiazole rings is 1. The standard InChI is InChI=1S/C22H20N2O4S/c1-4-27-21(26)18-14(3)23-22-24(19(18)16-6-5-11-28-16)20(25)17(29-22)12-15-9-7-13(2)8-10-15/h5-12,19H,4H2,1-3H3. The van der Waals surface area contributed by atoms with Gasteiger partial charge in [-0.05, 0) is 44.5 Å². The molecule has 0 N–H and O–H groups in total. The van der Waals surface area contributed by atoms with E-state index in [1.165, 1.54) is 22.2 Å². The van der Waals surface area contributed by atoms with Crippen LogP contribution in [0.1, 0.15) is 36.8 Å². The number of carbonyl (C=O) groups excluding carboxylic acids is 1. The number of aryl methyl sites for hydroxylation is 1. The smallest absolute Gasteiger partial charge is 0.338 e. The molecule has 0 fully saturated rings. The zero-order valence-corrected chi connectivity index (χ0v) is 17.2. The predicted molar refractivity (Wildman–Crippen MR) is 110 cm³/mol. The van der Waals surface area contributed by atoms with Gasteiger partial charge in [-0.25, -0.2) is 9.79 Å². The van der Waals surface area contributed by atoms with E-state index in [0.29, 0.717) is 26.4 Å². The molecule has 2 aromatic heterocycles. The van der Waals surface area contributed by atoms with Crippen LogP contribution in [0.25, 0.3) is 6.08 Å². The van der Waals surface area contributed by atoms with Gasteiger partial charge in [0.2, 0.25) is 0 Å². The number of esters is 1. The van der Waals surface area contributed by atoms with Crippen LogP contribution in [0.4, 0.5) is 0 Å². The highest BCUT2D eigenvalue weighted by atomic mass is 32.1. The van der Waals surface area contributed by atoms with Crippen LogP contribution >= 0.6 is 11.3 Å². The lowest BCUT2D eigenvalue weighted by molar-refractivity contribution is -0.139. The van der Waals surface area contributed by atoms with E-state index in [9.17, 15) is 9.59 Å². The van der Waals surface area contributed by atoms with Crippen LogP contribution < -0.4 is 14.9 Å². The monoisotopic (exact) mass is 408 g/mol. The summed E-state index contributed by atoms with van der Waals surface area (Å²) in [5, 5.41) is 0. The van der Waals surface area contributed by atoms with Crippen LogP contribution in [0.3, 0.4) is 0 Å². The average Bonchev–Trinajstić information content (AvgIpc) is 3.32. The van der Waals surface area contributed by atoms with Gasteiger partial charge >= 0.3 is 5.97 Å². The minimum absolute atomic E-state index is 0.218. The first-order valence-electron chi connectivity index (χ1n) is 9.29. The van der Waals surface area contributed by atoms with E-state index in [0.717, 1.165) is 11.1 Å². The van der Waals surface area contributed by atoms with E-state index in [2.05, 4.69) is 4.99 Å². The molecule has 148 valence electrons. The van der Waals surface area contributed by atoms with Gasteiger partial charge in [0.1, 0.15) is 11.8 Å². The first-order valence-corrected chi connectivity index (χ1v) is 10.1. The third-order valence-electron chi connectivity index (χ3n) is 4.70. The van der Waals surface area contributed by atoms with Crippen molar-refractivity contribution in [3.05, 3.63) is 90.5 Å². The molecule has 0 radical (unpaired) electrons. The molecule has 1 unspecified atom stereocenters. The number of ether oxygens (including phenoxy) is 1. The van der Waals surface area contributed by atoms with Crippen molar-refractivity contribution in [1.82, 2.24) is 4.57 Å². The molecular formula is C22H20N2O4S. The van der Waals surface area contributed by atoms with E-state index in [1.54, 1.807) is 26.0 Å². The number of hydrogen-bond donors (Lipinski definition) is 0. The fourth-order valence-electron chi connectivity index (χ4n) is 3.32. The van der Waals surface area contributed by atoms with Gasteiger partial charge < -0.3 is 9.15 Å². The lowest BCUT2D eigenvalue weighted by Gasteiger charge is -2.22.